The third-order valence-corrected chi connectivity index (χ3v) is 4.50. The Balaban J connectivity index is 1.60. The van der Waals surface area contributed by atoms with E-state index in [9.17, 15) is 4.79 Å². The van der Waals surface area contributed by atoms with Crippen LogP contribution in [0.15, 0.2) is 47.0 Å². The summed E-state index contributed by atoms with van der Waals surface area (Å²) in [5.74, 6) is 0.586. The molecule has 0 aliphatic rings. The maximum absolute atomic E-state index is 12.0. The number of thiocarbonyl (C=S) groups is 1. The largest absolute Gasteiger partial charge is 0.462 e. The average Bonchev–Trinajstić information content (AvgIpc) is 3.18. The molecule has 2 N–H and O–H groups in total. The van der Waals surface area contributed by atoms with Crippen LogP contribution in [-0.2, 0) is 11.3 Å². The standard InChI is InChI=1S/C21H22N4O3S/c1-4-27-20(26)16-6-5-7-17(14(16)3)23-21(29)22-12-18-24-19(25-28-18)15-10-8-13(2)9-11-15/h5-11H,4,12H2,1-3H3,(H2,22,23,29). The molecule has 3 rings (SSSR count). The molecule has 0 atom stereocenters. The van der Waals surface area contributed by atoms with Crippen LogP contribution in [0, 0.1) is 13.8 Å². The summed E-state index contributed by atoms with van der Waals surface area (Å²) in [5.41, 5.74) is 4.03. The lowest BCUT2D eigenvalue weighted by Gasteiger charge is -2.13. The zero-order valence-electron chi connectivity index (χ0n) is 16.5. The molecule has 29 heavy (non-hydrogen) atoms. The first kappa shape index (κ1) is 20.5. The highest BCUT2D eigenvalue weighted by atomic mass is 32.1. The molecular weight excluding hydrogens is 388 g/mol. The van der Waals surface area contributed by atoms with Gasteiger partial charge >= 0.3 is 5.97 Å². The second-order valence-corrected chi connectivity index (χ2v) is 6.79. The summed E-state index contributed by atoms with van der Waals surface area (Å²) >= 11 is 5.34. The lowest BCUT2D eigenvalue weighted by molar-refractivity contribution is 0.0525. The highest BCUT2D eigenvalue weighted by Gasteiger charge is 2.14. The van der Waals surface area contributed by atoms with Gasteiger partial charge in [0.15, 0.2) is 5.11 Å². The molecule has 0 saturated heterocycles. The number of aryl methyl sites for hydroxylation is 1. The van der Waals surface area contributed by atoms with Crippen LogP contribution in [0.1, 0.15) is 34.3 Å². The topological polar surface area (TPSA) is 89.3 Å². The first-order chi connectivity index (χ1) is 14.0. The van der Waals surface area contributed by atoms with Crippen molar-refractivity contribution in [1.29, 1.82) is 0 Å². The Morgan fingerprint density at radius 1 is 1.17 bits per heavy atom. The lowest BCUT2D eigenvalue weighted by atomic mass is 10.1. The molecule has 0 saturated carbocycles. The third kappa shape index (κ3) is 5.17. The molecule has 0 aliphatic carbocycles. The van der Waals surface area contributed by atoms with Gasteiger partial charge in [-0.25, -0.2) is 4.79 Å². The van der Waals surface area contributed by atoms with E-state index in [1.165, 1.54) is 0 Å². The van der Waals surface area contributed by atoms with E-state index >= 15 is 0 Å². The van der Waals surface area contributed by atoms with E-state index in [0.717, 1.165) is 22.4 Å². The Kier molecular flexibility index (Phi) is 6.56. The fourth-order valence-corrected chi connectivity index (χ4v) is 2.85. The molecule has 1 heterocycles. The molecule has 2 aromatic carbocycles. The number of carbonyl (C=O) groups is 1. The van der Waals surface area contributed by atoms with Gasteiger partial charge in [-0.05, 0) is 50.7 Å². The van der Waals surface area contributed by atoms with E-state index in [1.807, 2.05) is 44.2 Å². The molecule has 1 aromatic heterocycles. The van der Waals surface area contributed by atoms with Crippen LogP contribution in [-0.4, -0.2) is 27.8 Å². The summed E-state index contributed by atoms with van der Waals surface area (Å²) in [7, 11) is 0. The van der Waals surface area contributed by atoms with Gasteiger partial charge in [-0.3, -0.25) is 0 Å². The summed E-state index contributed by atoms with van der Waals surface area (Å²) in [6.07, 6.45) is 0. The minimum absolute atomic E-state index is 0.279. The quantitative estimate of drug-likeness (QED) is 0.465. The summed E-state index contributed by atoms with van der Waals surface area (Å²) in [6, 6.07) is 13.2. The molecule has 0 bridgehead atoms. The zero-order chi connectivity index (χ0) is 20.8. The summed E-state index contributed by atoms with van der Waals surface area (Å²) in [6.45, 7) is 6.23. The predicted molar refractivity (Wildman–Crippen MR) is 115 cm³/mol. The van der Waals surface area contributed by atoms with Crippen molar-refractivity contribution in [3.05, 3.63) is 65.0 Å². The van der Waals surface area contributed by atoms with E-state index in [0.29, 0.717) is 29.0 Å². The molecule has 8 heteroatoms. The fourth-order valence-electron chi connectivity index (χ4n) is 2.67. The maximum atomic E-state index is 12.0. The predicted octanol–water partition coefficient (Wildman–Crippen LogP) is 4.02. The van der Waals surface area contributed by atoms with E-state index in [2.05, 4.69) is 20.8 Å². The first-order valence-corrected chi connectivity index (χ1v) is 9.60. The van der Waals surface area contributed by atoms with Gasteiger partial charge in [0.2, 0.25) is 11.7 Å². The number of carbonyl (C=O) groups excluding carboxylic acids is 1. The molecule has 0 amide bonds. The molecule has 7 nitrogen and oxygen atoms in total. The fraction of sp³-hybridized carbons (Fsp3) is 0.238. The van der Waals surface area contributed by atoms with Crippen LogP contribution in [0.25, 0.3) is 11.4 Å². The number of esters is 1. The van der Waals surface area contributed by atoms with Crippen molar-refractivity contribution >= 4 is 29.0 Å². The molecule has 0 spiro atoms. The second-order valence-electron chi connectivity index (χ2n) is 6.38. The van der Waals surface area contributed by atoms with Crippen molar-refractivity contribution in [2.45, 2.75) is 27.3 Å². The Morgan fingerprint density at radius 2 is 1.93 bits per heavy atom. The number of ether oxygens (including phenoxy) is 1. The van der Waals surface area contributed by atoms with Crippen LogP contribution in [0.4, 0.5) is 5.69 Å². The molecule has 0 aliphatic heterocycles. The van der Waals surface area contributed by atoms with Crippen molar-refractivity contribution in [3.63, 3.8) is 0 Å². The SMILES string of the molecule is CCOC(=O)c1cccc(NC(=S)NCc2nc(-c3ccc(C)cc3)no2)c1C. The van der Waals surface area contributed by atoms with Crippen molar-refractivity contribution in [1.82, 2.24) is 15.5 Å². The van der Waals surface area contributed by atoms with Gasteiger partial charge in [0.05, 0.1) is 18.7 Å². The third-order valence-electron chi connectivity index (χ3n) is 4.26. The number of hydrogen-bond donors (Lipinski definition) is 2. The summed E-state index contributed by atoms with van der Waals surface area (Å²) < 4.78 is 10.4. The average molecular weight is 410 g/mol. The summed E-state index contributed by atoms with van der Waals surface area (Å²) in [4.78, 5) is 16.4. The smallest absolute Gasteiger partial charge is 0.338 e. The Bertz CT molecular complexity index is 1020. The number of aromatic nitrogens is 2. The van der Waals surface area contributed by atoms with E-state index in [-0.39, 0.29) is 12.5 Å². The molecule has 0 unspecified atom stereocenters. The number of hydrogen-bond acceptors (Lipinski definition) is 6. The van der Waals surface area contributed by atoms with Gasteiger partial charge in [0, 0.05) is 11.3 Å². The van der Waals surface area contributed by atoms with E-state index < -0.39 is 0 Å². The van der Waals surface area contributed by atoms with E-state index in [1.54, 1.807) is 19.1 Å². The molecule has 0 radical (unpaired) electrons. The maximum Gasteiger partial charge on any atom is 0.338 e. The number of nitrogens with zero attached hydrogens (tertiary/aromatic N) is 2. The van der Waals surface area contributed by atoms with Gasteiger partial charge in [0.25, 0.3) is 0 Å². The number of benzene rings is 2. The van der Waals surface area contributed by atoms with Crippen LogP contribution < -0.4 is 10.6 Å². The van der Waals surface area contributed by atoms with Crippen molar-refractivity contribution < 1.29 is 14.1 Å². The highest BCUT2D eigenvalue weighted by Crippen LogP contribution is 2.20. The molecule has 0 fully saturated rings. The molecule has 3 aromatic rings. The number of rotatable bonds is 6. The minimum atomic E-state index is -0.359. The van der Waals surface area contributed by atoms with Crippen molar-refractivity contribution in [2.24, 2.45) is 0 Å². The lowest BCUT2D eigenvalue weighted by Crippen LogP contribution is -2.28. The Morgan fingerprint density at radius 3 is 2.66 bits per heavy atom. The van der Waals surface area contributed by atoms with Crippen LogP contribution in [0.2, 0.25) is 0 Å². The number of nitrogens with one attached hydrogen (secondary N) is 2. The van der Waals surface area contributed by atoms with Gasteiger partial charge in [0.1, 0.15) is 0 Å². The highest BCUT2D eigenvalue weighted by molar-refractivity contribution is 7.80. The van der Waals surface area contributed by atoms with Crippen molar-refractivity contribution in [3.8, 4) is 11.4 Å². The van der Waals surface area contributed by atoms with Gasteiger partial charge in [-0.1, -0.05) is 41.1 Å². The minimum Gasteiger partial charge on any atom is -0.462 e. The van der Waals surface area contributed by atoms with Crippen LogP contribution in [0.5, 0.6) is 0 Å². The monoisotopic (exact) mass is 410 g/mol. The van der Waals surface area contributed by atoms with Crippen LogP contribution >= 0.6 is 12.2 Å². The normalized spacial score (nSPS) is 10.4. The second kappa shape index (κ2) is 9.29. The Labute approximate surface area is 174 Å². The van der Waals surface area contributed by atoms with E-state index in [4.69, 9.17) is 21.5 Å². The first-order valence-electron chi connectivity index (χ1n) is 9.19. The van der Waals surface area contributed by atoms with Gasteiger partial charge in [-0.2, -0.15) is 4.98 Å². The van der Waals surface area contributed by atoms with Crippen LogP contribution in [0.3, 0.4) is 0 Å². The van der Waals surface area contributed by atoms with Gasteiger partial charge in [-0.15, -0.1) is 0 Å². The zero-order valence-corrected chi connectivity index (χ0v) is 17.3. The number of anilines is 1. The van der Waals surface area contributed by atoms with Gasteiger partial charge < -0.3 is 19.9 Å². The van der Waals surface area contributed by atoms with Crippen molar-refractivity contribution in [2.75, 3.05) is 11.9 Å². The molecule has 150 valence electrons. The Hall–Kier alpha value is -3.26. The molecular formula is C21H22N4O3S. The summed E-state index contributed by atoms with van der Waals surface area (Å²) in [5, 5.41) is 10.5.